The molecule has 0 aliphatic carbocycles. The van der Waals surface area contributed by atoms with Crippen LogP contribution in [0.2, 0.25) is 0 Å². The minimum atomic E-state index is -0.911. The van der Waals surface area contributed by atoms with Crippen LogP contribution in [0.25, 0.3) is 0 Å². The van der Waals surface area contributed by atoms with Crippen LogP contribution in [0, 0.1) is 6.92 Å². The molecule has 23 heavy (non-hydrogen) atoms. The van der Waals surface area contributed by atoms with E-state index in [2.05, 4.69) is 5.43 Å². The minimum Gasteiger partial charge on any atom is -0.299 e. The van der Waals surface area contributed by atoms with Crippen LogP contribution in [0.4, 0.5) is 5.69 Å². The molecule has 5 nitrogen and oxygen atoms in total. The van der Waals surface area contributed by atoms with Gasteiger partial charge in [-0.15, -0.1) is 0 Å². The molecule has 0 aliphatic rings. The zero-order valence-electron chi connectivity index (χ0n) is 13.7. The number of nitrogens with one attached hydrogen (secondary N) is 1. The molecule has 0 saturated carbocycles. The Morgan fingerprint density at radius 1 is 1.00 bits per heavy atom. The third-order valence-corrected chi connectivity index (χ3v) is 3.78. The van der Waals surface area contributed by atoms with Gasteiger partial charge >= 0.3 is 0 Å². The van der Waals surface area contributed by atoms with Gasteiger partial charge < -0.3 is 0 Å². The van der Waals surface area contributed by atoms with E-state index in [-0.39, 0.29) is 17.3 Å². The fourth-order valence-electron chi connectivity index (χ4n) is 2.80. The fourth-order valence-corrected chi connectivity index (χ4v) is 2.80. The summed E-state index contributed by atoms with van der Waals surface area (Å²) < 4.78 is 1.68. The Hall–Kier alpha value is -2.69. The van der Waals surface area contributed by atoms with Gasteiger partial charge in [-0.2, -0.15) is 0 Å². The van der Waals surface area contributed by atoms with Gasteiger partial charge in [0.1, 0.15) is 17.5 Å². The number of nitrogens with zero attached hydrogens (tertiary/aromatic N) is 1. The lowest BCUT2D eigenvalue weighted by Crippen LogP contribution is -2.18. The van der Waals surface area contributed by atoms with E-state index in [0.29, 0.717) is 16.8 Å². The molecule has 1 heterocycles. The lowest BCUT2D eigenvalue weighted by atomic mass is 9.89. The highest BCUT2D eigenvalue weighted by Gasteiger charge is 2.29. The van der Waals surface area contributed by atoms with E-state index in [0.717, 1.165) is 5.69 Å². The van der Waals surface area contributed by atoms with Crippen LogP contribution in [0.5, 0.6) is 0 Å². The molecule has 0 atom stereocenters. The molecule has 0 amide bonds. The number of aromatic nitrogens is 1. The number of carbonyl (C=O) groups excluding carboxylic acids is 3. The van der Waals surface area contributed by atoms with Crippen LogP contribution in [-0.4, -0.2) is 22.0 Å². The van der Waals surface area contributed by atoms with E-state index in [1.807, 2.05) is 30.3 Å². The van der Waals surface area contributed by atoms with Crippen molar-refractivity contribution >= 4 is 23.0 Å². The average molecular weight is 312 g/mol. The molecule has 1 aromatic heterocycles. The Morgan fingerprint density at radius 3 is 2.04 bits per heavy atom. The molecule has 0 spiro atoms. The Labute approximate surface area is 135 Å². The number of para-hydroxylation sites is 1. The number of Topliss-reactive ketones (excluding diaryl/α,β-unsaturated/α-hetero) is 3. The molecule has 120 valence electrons. The van der Waals surface area contributed by atoms with Crippen molar-refractivity contribution in [1.82, 2.24) is 4.68 Å². The van der Waals surface area contributed by atoms with Gasteiger partial charge in [0.25, 0.3) is 0 Å². The molecule has 2 rings (SSSR count). The Kier molecular flexibility index (Phi) is 4.79. The Bertz CT molecular complexity index is 746. The first-order valence-corrected chi connectivity index (χ1v) is 7.38. The van der Waals surface area contributed by atoms with Crippen LogP contribution in [0.1, 0.15) is 48.3 Å². The SMILES string of the molecule is CC(=O)c1c(C(C(C)=O)C(C)=O)cn(Nc2ccccc2)c1C. The summed E-state index contributed by atoms with van der Waals surface area (Å²) in [6.45, 7) is 5.96. The molecular weight excluding hydrogens is 292 g/mol. The molecule has 0 radical (unpaired) electrons. The first-order chi connectivity index (χ1) is 10.8. The maximum Gasteiger partial charge on any atom is 0.161 e. The second-order valence-electron chi connectivity index (χ2n) is 5.60. The summed E-state index contributed by atoms with van der Waals surface area (Å²) in [6.07, 6.45) is 1.66. The molecule has 0 fully saturated rings. The maximum absolute atomic E-state index is 12.0. The lowest BCUT2D eigenvalue weighted by molar-refractivity contribution is -0.126. The highest BCUT2D eigenvalue weighted by Crippen LogP contribution is 2.27. The molecule has 5 heteroatoms. The molecule has 0 bridgehead atoms. The molecule has 1 aromatic carbocycles. The van der Waals surface area contributed by atoms with Crippen LogP contribution in [0.3, 0.4) is 0 Å². The molecule has 1 N–H and O–H groups in total. The van der Waals surface area contributed by atoms with Gasteiger partial charge in [-0.3, -0.25) is 24.5 Å². The monoisotopic (exact) mass is 312 g/mol. The summed E-state index contributed by atoms with van der Waals surface area (Å²) in [6, 6.07) is 9.46. The van der Waals surface area contributed by atoms with Crippen molar-refractivity contribution in [3.63, 3.8) is 0 Å². The van der Waals surface area contributed by atoms with Crippen molar-refractivity contribution in [2.24, 2.45) is 0 Å². The number of rotatable bonds is 6. The van der Waals surface area contributed by atoms with Gasteiger partial charge in [0.05, 0.1) is 5.69 Å². The van der Waals surface area contributed by atoms with Gasteiger partial charge in [-0.05, 0) is 39.8 Å². The molecular formula is C18H20N2O3. The van der Waals surface area contributed by atoms with E-state index in [1.165, 1.54) is 20.8 Å². The third kappa shape index (κ3) is 3.39. The van der Waals surface area contributed by atoms with Crippen LogP contribution in [-0.2, 0) is 9.59 Å². The van der Waals surface area contributed by atoms with Gasteiger partial charge in [0, 0.05) is 23.0 Å². The maximum atomic E-state index is 12.0. The van der Waals surface area contributed by atoms with Gasteiger partial charge in [-0.1, -0.05) is 18.2 Å². The van der Waals surface area contributed by atoms with Crippen molar-refractivity contribution in [3.8, 4) is 0 Å². The number of benzene rings is 1. The zero-order valence-corrected chi connectivity index (χ0v) is 13.7. The van der Waals surface area contributed by atoms with Crippen molar-refractivity contribution in [1.29, 1.82) is 0 Å². The van der Waals surface area contributed by atoms with E-state index in [1.54, 1.807) is 17.8 Å². The van der Waals surface area contributed by atoms with E-state index < -0.39 is 5.92 Å². The average Bonchev–Trinajstić information content (AvgIpc) is 2.76. The van der Waals surface area contributed by atoms with E-state index in [4.69, 9.17) is 0 Å². The number of anilines is 1. The quantitative estimate of drug-likeness (QED) is 0.657. The topological polar surface area (TPSA) is 68.2 Å². The third-order valence-electron chi connectivity index (χ3n) is 3.78. The summed E-state index contributed by atoms with van der Waals surface area (Å²) in [5.41, 5.74) is 5.55. The molecule has 2 aromatic rings. The summed E-state index contributed by atoms with van der Waals surface area (Å²) in [7, 11) is 0. The molecule has 0 aliphatic heterocycles. The minimum absolute atomic E-state index is 0.168. The van der Waals surface area contributed by atoms with Crippen molar-refractivity contribution < 1.29 is 14.4 Å². The van der Waals surface area contributed by atoms with E-state index >= 15 is 0 Å². The first kappa shape index (κ1) is 16.7. The Morgan fingerprint density at radius 2 is 1.57 bits per heavy atom. The normalized spacial score (nSPS) is 10.7. The summed E-state index contributed by atoms with van der Waals surface area (Å²) in [5.74, 6) is -1.61. The predicted molar refractivity (Wildman–Crippen MR) is 88.7 cm³/mol. The predicted octanol–water partition coefficient (Wildman–Crippen LogP) is 3.14. The smallest absolute Gasteiger partial charge is 0.161 e. The summed E-state index contributed by atoms with van der Waals surface area (Å²) in [5, 5.41) is 0. The molecule has 0 unspecified atom stereocenters. The number of carbonyl (C=O) groups is 3. The van der Waals surface area contributed by atoms with Crippen molar-refractivity contribution in [2.75, 3.05) is 5.43 Å². The standard InChI is InChI=1S/C18H20N2O3/c1-11-17(12(2)21)16(18(13(3)22)14(4)23)10-20(11)19-15-8-6-5-7-9-15/h5-10,18-19H,1-4H3. The number of hydrogen-bond donors (Lipinski definition) is 1. The fraction of sp³-hybridized carbons (Fsp3) is 0.278. The number of hydrogen-bond acceptors (Lipinski definition) is 4. The highest BCUT2D eigenvalue weighted by atomic mass is 16.1. The van der Waals surface area contributed by atoms with Gasteiger partial charge in [0.2, 0.25) is 0 Å². The highest BCUT2D eigenvalue weighted by molar-refractivity contribution is 6.09. The van der Waals surface area contributed by atoms with E-state index in [9.17, 15) is 14.4 Å². The van der Waals surface area contributed by atoms with Crippen LogP contribution in [0.15, 0.2) is 36.5 Å². The van der Waals surface area contributed by atoms with Crippen molar-refractivity contribution in [2.45, 2.75) is 33.6 Å². The summed E-state index contributed by atoms with van der Waals surface area (Å²) >= 11 is 0. The van der Waals surface area contributed by atoms with Crippen molar-refractivity contribution in [3.05, 3.63) is 53.3 Å². The summed E-state index contributed by atoms with van der Waals surface area (Å²) in [4.78, 5) is 35.8. The van der Waals surface area contributed by atoms with Crippen LogP contribution >= 0.6 is 0 Å². The van der Waals surface area contributed by atoms with Crippen LogP contribution < -0.4 is 5.43 Å². The lowest BCUT2D eigenvalue weighted by Gasteiger charge is -2.10. The van der Waals surface area contributed by atoms with Gasteiger partial charge in [-0.25, -0.2) is 0 Å². The second kappa shape index (κ2) is 6.60. The first-order valence-electron chi connectivity index (χ1n) is 7.38. The largest absolute Gasteiger partial charge is 0.299 e. The zero-order chi connectivity index (χ0) is 17.1. The Balaban J connectivity index is 2.55. The number of ketones is 3. The molecule has 0 saturated heterocycles. The second-order valence-corrected chi connectivity index (χ2v) is 5.60. The van der Waals surface area contributed by atoms with Gasteiger partial charge in [0.15, 0.2) is 5.78 Å².